The van der Waals surface area contributed by atoms with E-state index >= 15 is 0 Å². The standard InChI is InChI=1S/C18H23ClN8O5S/c1-10(15-20-6-12(19)7-21-15)11(2)33(28,29)26-18-25-24-13(8-30-3)27(18)14-16(31-4)22-9-23-17(14)32-5/h6-7,9-11H,8H2,1-5H3,(H,25,26). The number of nitrogens with zero attached hydrogens (tertiary/aromatic N) is 7. The molecule has 0 bridgehead atoms. The van der Waals surface area contributed by atoms with Crippen LogP contribution in [0.3, 0.4) is 0 Å². The van der Waals surface area contributed by atoms with E-state index in [4.69, 9.17) is 25.8 Å². The Morgan fingerprint density at radius 1 is 1.03 bits per heavy atom. The summed E-state index contributed by atoms with van der Waals surface area (Å²) >= 11 is 5.83. The van der Waals surface area contributed by atoms with Crippen molar-refractivity contribution < 1.29 is 22.6 Å². The first-order chi connectivity index (χ1) is 15.7. The lowest BCUT2D eigenvalue weighted by Gasteiger charge is -2.20. The van der Waals surface area contributed by atoms with Crippen molar-refractivity contribution in [1.82, 2.24) is 34.7 Å². The third-order valence-corrected chi connectivity index (χ3v) is 6.89. The molecule has 2 atom stereocenters. The van der Waals surface area contributed by atoms with E-state index in [-0.39, 0.29) is 35.8 Å². The smallest absolute Gasteiger partial charge is 0.245 e. The molecule has 0 aromatic carbocycles. The summed E-state index contributed by atoms with van der Waals surface area (Å²) in [5.74, 6) is 0.163. The number of ether oxygens (including phenoxy) is 3. The van der Waals surface area contributed by atoms with Crippen LogP contribution in [0.2, 0.25) is 5.02 Å². The molecule has 33 heavy (non-hydrogen) atoms. The maximum Gasteiger partial charge on any atom is 0.245 e. The Labute approximate surface area is 195 Å². The molecular formula is C18H23ClN8O5S. The van der Waals surface area contributed by atoms with Crippen LogP contribution in [0.5, 0.6) is 11.8 Å². The molecule has 3 aromatic rings. The Kier molecular flexibility index (Phi) is 7.61. The highest BCUT2D eigenvalue weighted by Crippen LogP contribution is 2.33. The van der Waals surface area contributed by atoms with Crippen LogP contribution in [0.1, 0.15) is 31.4 Å². The van der Waals surface area contributed by atoms with Gasteiger partial charge in [0, 0.05) is 25.4 Å². The second kappa shape index (κ2) is 10.2. The number of sulfonamides is 1. The number of aromatic nitrogens is 7. The van der Waals surface area contributed by atoms with E-state index in [1.807, 2.05) is 0 Å². The number of rotatable bonds is 10. The van der Waals surface area contributed by atoms with Crippen molar-refractivity contribution in [2.24, 2.45) is 0 Å². The highest BCUT2D eigenvalue weighted by Gasteiger charge is 2.32. The SMILES string of the molecule is COCc1nnc(NS(=O)(=O)C(C)C(C)c2ncc(Cl)cn2)n1-c1c(OC)ncnc1OC. The lowest BCUT2D eigenvalue weighted by atomic mass is 10.1. The molecule has 13 nitrogen and oxygen atoms in total. The van der Waals surface area contributed by atoms with Gasteiger partial charge in [0.05, 0.1) is 24.5 Å². The summed E-state index contributed by atoms with van der Waals surface area (Å²) in [6, 6.07) is 0. The molecule has 0 spiro atoms. The van der Waals surface area contributed by atoms with Gasteiger partial charge < -0.3 is 14.2 Å². The maximum absolute atomic E-state index is 13.2. The normalized spacial score (nSPS) is 13.4. The molecule has 15 heteroatoms. The number of halogens is 1. The fourth-order valence-electron chi connectivity index (χ4n) is 2.93. The summed E-state index contributed by atoms with van der Waals surface area (Å²) in [4.78, 5) is 16.4. The van der Waals surface area contributed by atoms with Gasteiger partial charge in [0.25, 0.3) is 0 Å². The van der Waals surface area contributed by atoms with Crippen LogP contribution in [-0.4, -0.2) is 69.7 Å². The second-order valence-corrected chi connectivity index (χ2v) is 9.32. The quantitative estimate of drug-likeness (QED) is 0.433. The molecule has 0 aliphatic rings. The van der Waals surface area contributed by atoms with E-state index in [0.717, 1.165) is 0 Å². The van der Waals surface area contributed by atoms with Gasteiger partial charge in [0.1, 0.15) is 18.8 Å². The molecule has 0 radical (unpaired) electrons. The first kappa shape index (κ1) is 24.5. The minimum absolute atomic E-state index is 0.0144. The number of anilines is 1. The lowest BCUT2D eigenvalue weighted by molar-refractivity contribution is 0.176. The molecule has 0 amide bonds. The van der Waals surface area contributed by atoms with Crippen LogP contribution >= 0.6 is 11.6 Å². The summed E-state index contributed by atoms with van der Waals surface area (Å²) in [5, 5.41) is 7.46. The minimum Gasteiger partial charge on any atom is -0.479 e. The van der Waals surface area contributed by atoms with Crippen molar-refractivity contribution in [2.75, 3.05) is 26.1 Å². The van der Waals surface area contributed by atoms with Gasteiger partial charge in [-0.15, -0.1) is 10.2 Å². The molecule has 1 N–H and O–H groups in total. The zero-order chi connectivity index (χ0) is 24.2. The van der Waals surface area contributed by atoms with E-state index in [0.29, 0.717) is 10.8 Å². The fraction of sp³-hybridized carbons (Fsp3) is 0.444. The Morgan fingerprint density at radius 3 is 2.18 bits per heavy atom. The molecule has 178 valence electrons. The van der Waals surface area contributed by atoms with E-state index in [2.05, 4.69) is 34.9 Å². The van der Waals surface area contributed by atoms with Gasteiger partial charge in [-0.2, -0.15) is 9.97 Å². The Bertz CT molecular complexity index is 1180. The third kappa shape index (κ3) is 5.12. The minimum atomic E-state index is -3.99. The van der Waals surface area contributed by atoms with E-state index < -0.39 is 21.2 Å². The van der Waals surface area contributed by atoms with Crippen molar-refractivity contribution in [2.45, 2.75) is 31.6 Å². The van der Waals surface area contributed by atoms with Crippen molar-refractivity contribution in [1.29, 1.82) is 0 Å². The van der Waals surface area contributed by atoms with Crippen LogP contribution in [0.4, 0.5) is 5.95 Å². The van der Waals surface area contributed by atoms with Gasteiger partial charge >= 0.3 is 0 Å². The van der Waals surface area contributed by atoms with Crippen LogP contribution in [0.25, 0.3) is 5.69 Å². The first-order valence-corrected chi connectivity index (χ1v) is 11.5. The van der Waals surface area contributed by atoms with Crippen molar-refractivity contribution in [3.63, 3.8) is 0 Å². The molecule has 3 aromatic heterocycles. The zero-order valence-corrected chi connectivity index (χ0v) is 20.1. The highest BCUT2D eigenvalue weighted by molar-refractivity contribution is 7.93. The van der Waals surface area contributed by atoms with E-state index in [1.165, 1.54) is 51.5 Å². The summed E-state index contributed by atoms with van der Waals surface area (Å²) < 4.78 is 46.2. The Hall–Kier alpha value is -3.10. The van der Waals surface area contributed by atoms with Gasteiger partial charge in [0.15, 0.2) is 11.5 Å². The molecule has 0 saturated carbocycles. The van der Waals surface area contributed by atoms with Gasteiger partial charge in [-0.25, -0.2) is 18.4 Å². The monoisotopic (exact) mass is 498 g/mol. The largest absolute Gasteiger partial charge is 0.479 e. The van der Waals surface area contributed by atoms with Crippen molar-refractivity contribution in [3.8, 4) is 17.4 Å². The van der Waals surface area contributed by atoms with Crippen LogP contribution in [0, 0.1) is 0 Å². The van der Waals surface area contributed by atoms with Crippen LogP contribution in [0.15, 0.2) is 18.7 Å². The van der Waals surface area contributed by atoms with Crippen molar-refractivity contribution in [3.05, 3.63) is 35.4 Å². The molecule has 0 aliphatic heterocycles. The number of hydrogen-bond acceptors (Lipinski definition) is 11. The van der Waals surface area contributed by atoms with E-state index in [9.17, 15) is 8.42 Å². The molecule has 3 heterocycles. The summed E-state index contributed by atoms with van der Waals surface area (Å²) in [6.07, 6.45) is 4.07. The number of hydrogen-bond donors (Lipinski definition) is 1. The van der Waals surface area contributed by atoms with Crippen LogP contribution in [-0.2, 0) is 21.4 Å². The predicted molar refractivity (Wildman–Crippen MR) is 118 cm³/mol. The predicted octanol–water partition coefficient (Wildman–Crippen LogP) is 1.60. The zero-order valence-electron chi connectivity index (χ0n) is 18.6. The summed E-state index contributed by atoms with van der Waals surface area (Å²) in [5.41, 5.74) is 0.207. The second-order valence-electron chi connectivity index (χ2n) is 6.85. The molecular weight excluding hydrogens is 476 g/mol. The van der Waals surface area contributed by atoms with Gasteiger partial charge in [0.2, 0.25) is 27.7 Å². The Balaban J connectivity index is 2.04. The highest BCUT2D eigenvalue weighted by atomic mass is 35.5. The number of methoxy groups -OCH3 is 3. The van der Waals surface area contributed by atoms with Crippen LogP contribution < -0.4 is 14.2 Å². The average Bonchev–Trinajstić information content (AvgIpc) is 3.18. The van der Waals surface area contributed by atoms with Gasteiger partial charge in [-0.05, 0) is 6.92 Å². The molecule has 2 unspecified atom stereocenters. The molecule has 0 fully saturated rings. The van der Waals surface area contributed by atoms with E-state index in [1.54, 1.807) is 6.92 Å². The summed E-state index contributed by atoms with van der Waals surface area (Å²) in [7, 11) is 0.291. The summed E-state index contributed by atoms with van der Waals surface area (Å²) in [6.45, 7) is 3.25. The van der Waals surface area contributed by atoms with Crippen molar-refractivity contribution >= 4 is 27.6 Å². The first-order valence-electron chi connectivity index (χ1n) is 9.59. The Morgan fingerprint density at radius 2 is 1.64 bits per heavy atom. The van der Waals surface area contributed by atoms with Gasteiger partial charge in [-0.3, -0.25) is 9.29 Å². The lowest BCUT2D eigenvalue weighted by Crippen LogP contribution is -2.31. The number of nitrogens with one attached hydrogen (secondary N) is 1. The molecule has 0 saturated heterocycles. The van der Waals surface area contributed by atoms with Gasteiger partial charge in [-0.1, -0.05) is 18.5 Å². The average molecular weight is 499 g/mol. The maximum atomic E-state index is 13.2. The molecule has 0 aliphatic carbocycles. The fourth-order valence-corrected chi connectivity index (χ4v) is 4.26. The molecule has 3 rings (SSSR count). The topological polar surface area (TPSA) is 156 Å². The third-order valence-electron chi connectivity index (χ3n) is 4.84.